The van der Waals surface area contributed by atoms with Crippen LogP contribution in [0.1, 0.15) is 11.5 Å². The molecule has 7 aromatic rings. The van der Waals surface area contributed by atoms with Crippen molar-refractivity contribution in [1.29, 1.82) is 0 Å². The lowest BCUT2D eigenvalue weighted by molar-refractivity contribution is -0.160. The lowest BCUT2D eigenvalue weighted by Gasteiger charge is -2.11. The number of ether oxygens (including phenoxy) is 2. The van der Waals surface area contributed by atoms with E-state index in [1.165, 1.54) is 72.0 Å². The summed E-state index contributed by atoms with van der Waals surface area (Å²) < 4.78 is 50.9. The van der Waals surface area contributed by atoms with Gasteiger partial charge in [0.25, 0.3) is 11.1 Å². The Bertz CT molecular complexity index is 2510. The Morgan fingerprint density at radius 2 is 1.35 bits per heavy atom. The Morgan fingerprint density at radius 1 is 0.788 bits per heavy atom. The quantitative estimate of drug-likeness (QED) is 0.0751. The normalized spacial score (nSPS) is 11.0. The molecule has 0 radical (unpaired) electrons. The number of nitrogens with zero attached hydrogens (tertiary/aromatic N) is 7. The van der Waals surface area contributed by atoms with E-state index in [0.717, 1.165) is 17.7 Å². The van der Waals surface area contributed by atoms with Crippen LogP contribution in [0.3, 0.4) is 0 Å². The minimum absolute atomic E-state index is 0.0125. The van der Waals surface area contributed by atoms with Gasteiger partial charge in [-0.3, -0.25) is 18.7 Å². The summed E-state index contributed by atoms with van der Waals surface area (Å²) in [5, 5.41) is 8.25. The van der Waals surface area contributed by atoms with Crippen LogP contribution in [0, 0.1) is 18.6 Å². The highest BCUT2D eigenvalue weighted by Crippen LogP contribution is 2.26. The molecule has 0 bridgehead atoms. The fourth-order valence-corrected chi connectivity index (χ4v) is 5.06. The average Bonchev–Trinajstić information content (AvgIpc) is 3.57. The first kappa shape index (κ1) is 35.6. The van der Waals surface area contributed by atoms with Crippen molar-refractivity contribution in [3.05, 3.63) is 123 Å². The summed E-state index contributed by atoms with van der Waals surface area (Å²) in [7, 11) is 4.46. The lowest BCUT2D eigenvalue weighted by atomic mass is 10.3. The Morgan fingerprint density at radius 3 is 1.88 bits per heavy atom. The van der Waals surface area contributed by atoms with E-state index in [1.54, 1.807) is 37.5 Å². The molecule has 15 nitrogen and oxygen atoms in total. The average molecular weight is 731 g/mol. The van der Waals surface area contributed by atoms with E-state index < -0.39 is 22.8 Å². The summed E-state index contributed by atoms with van der Waals surface area (Å²) in [6.07, 6.45) is 3.07. The number of nitrogens with one attached hydrogen (secondary N) is 1. The molecule has 0 fully saturated rings. The Balaban J connectivity index is 0.000000181. The molecule has 52 heavy (non-hydrogen) atoms. The van der Waals surface area contributed by atoms with Gasteiger partial charge in [0.2, 0.25) is 11.1 Å². The van der Waals surface area contributed by atoms with E-state index in [1.807, 2.05) is 6.92 Å². The van der Waals surface area contributed by atoms with Crippen molar-refractivity contribution in [2.45, 2.75) is 18.6 Å². The van der Waals surface area contributed by atoms with Gasteiger partial charge in [-0.05, 0) is 43.3 Å². The van der Waals surface area contributed by atoms with Crippen LogP contribution in [-0.4, -0.2) is 41.3 Å². The zero-order valence-corrected chi connectivity index (χ0v) is 28.7. The van der Waals surface area contributed by atoms with Gasteiger partial charge in [0, 0.05) is 43.3 Å². The predicted molar refractivity (Wildman–Crippen MR) is 185 cm³/mol. The molecule has 0 spiro atoms. The van der Waals surface area contributed by atoms with Crippen LogP contribution in [0.4, 0.5) is 14.7 Å². The highest BCUT2D eigenvalue weighted by molar-refractivity contribution is 7.94. The minimum atomic E-state index is -0.556. The third kappa shape index (κ3) is 8.04. The van der Waals surface area contributed by atoms with Crippen molar-refractivity contribution in [1.82, 2.24) is 34.2 Å². The molecule has 1 N–H and O–H groups in total. The molecule has 0 aliphatic heterocycles. The zero-order valence-electron chi connectivity index (χ0n) is 27.9. The van der Waals surface area contributed by atoms with E-state index in [4.69, 9.17) is 18.3 Å². The van der Waals surface area contributed by atoms with Crippen LogP contribution < -0.4 is 25.9 Å². The molecule has 0 saturated carbocycles. The summed E-state index contributed by atoms with van der Waals surface area (Å²) in [5.41, 5.74) is 0.690. The van der Waals surface area contributed by atoms with Gasteiger partial charge < -0.3 is 19.3 Å². The van der Waals surface area contributed by atoms with Crippen LogP contribution in [0.5, 0.6) is 23.0 Å². The van der Waals surface area contributed by atoms with Gasteiger partial charge in [-0.1, -0.05) is 29.4 Å². The molecule has 0 amide bonds. The number of para-hydroxylation sites is 2. The molecular formula is C34H28F2N8O7S. The second-order valence-corrected chi connectivity index (χ2v) is 11.5. The van der Waals surface area contributed by atoms with Crippen LogP contribution in [0.15, 0.2) is 98.4 Å². The monoisotopic (exact) mass is 730 g/mol. The standard InChI is InChI=1S/C19H16FN5O3.C15H12FN3O4S/c1-11-7-13(28-24-11)10-22-19-21-9-12-8-16(18(26)25(2)17(12)23-19)27-15-6-4-3-5-14(15)20;1-19-13-9(8-17-15(18-13)24-23-21-2)7-12(14(19)20)22-11-6-4-3-5-10(11)16/h3-9H,10H2,1-2H3,(H,21,22,23);3-8H,1-2H3. The first-order chi connectivity index (χ1) is 25.1. The molecule has 0 unspecified atom stereocenters. The molecule has 0 aliphatic rings. The highest BCUT2D eigenvalue weighted by Gasteiger charge is 2.15. The third-order valence-electron chi connectivity index (χ3n) is 7.20. The third-order valence-corrected chi connectivity index (χ3v) is 7.75. The number of fused-ring (bicyclic) bond motifs is 2. The molecule has 18 heteroatoms. The molecule has 0 aliphatic carbocycles. The number of aryl methyl sites for hydroxylation is 3. The second-order valence-electron chi connectivity index (χ2n) is 10.8. The summed E-state index contributed by atoms with van der Waals surface area (Å²) in [4.78, 5) is 46.4. The Hall–Kier alpha value is -6.24. The van der Waals surface area contributed by atoms with Crippen molar-refractivity contribution in [3.63, 3.8) is 0 Å². The molecule has 5 aromatic heterocycles. The first-order valence-corrected chi connectivity index (χ1v) is 16.0. The largest absolute Gasteiger partial charge is 0.448 e. The fraction of sp³-hybridized carbons (Fsp3) is 0.147. The predicted octanol–water partition coefficient (Wildman–Crippen LogP) is 6.01. The van der Waals surface area contributed by atoms with E-state index >= 15 is 0 Å². The van der Waals surface area contributed by atoms with Crippen LogP contribution >= 0.6 is 12.0 Å². The van der Waals surface area contributed by atoms with E-state index in [2.05, 4.69) is 35.3 Å². The van der Waals surface area contributed by atoms with E-state index in [9.17, 15) is 18.4 Å². The van der Waals surface area contributed by atoms with Gasteiger partial charge >= 0.3 is 0 Å². The molecule has 5 heterocycles. The van der Waals surface area contributed by atoms with Gasteiger partial charge in [0.15, 0.2) is 40.4 Å². The van der Waals surface area contributed by atoms with Gasteiger partial charge in [-0.15, -0.1) is 0 Å². The number of hydrogen-bond donors (Lipinski definition) is 1. The number of benzene rings is 2. The number of pyridine rings is 2. The number of hydrogen-bond acceptors (Lipinski definition) is 14. The first-order valence-electron chi connectivity index (χ1n) is 15.2. The number of aromatic nitrogens is 7. The van der Waals surface area contributed by atoms with E-state index in [0.29, 0.717) is 40.3 Å². The SMILES string of the molecule is COOSc1ncc2cc(Oc3ccccc3F)c(=O)n(C)c2n1.Cc1cc(CNc2ncc3cc(Oc4ccccc4F)c(=O)n(C)c3n2)on1. The second kappa shape index (κ2) is 15.8. The van der Waals surface area contributed by atoms with Gasteiger partial charge in [-0.2, -0.15) is 9.32 Å². The van der Waals surface area contributed by atoms with Gasteiger partial charge in [0.05, 0.1) is 19.3 Å². The highest BCUT2D eigenvalue weighted by atomic mass is 32.2. The van der Waals surface area contributed by atoms with Crippen LogP contribution in [0.2, 0.25) is 0 Å². The maximum atomic E-state index is 13.8. The van der Waals surface area contributed by atoms with Crippen molar-refractivity contribution >= 4 is 40.1 Å². The van der Waals surface area contributed by atoms with Gasteiger partial charge in [-0.25, -0.2) is 28.6 Å². The summed E-state index contributed by atoms with van der Waals surface area (Å²) in [5.74, 6) is -0.227. The van der Waals surface area contributed by atoms with Crippen molar-refractivity contribution in [2.24, 2.45) is 14.1 Å². The number of anilines is 1. The minimum Gasteiger partial charge on any atom is -0.448 e. The topological polar surface area (TPSA) is 171 Å². The Labute approximate surface area is 296 Å². The Kier molecular flexibility index (Phi) is 10.8. The fourth-order valence-electron chi connectivity index (χ4n) is 4.71. The molecular weight excluding hydrogens is 702 g/mol. The van der Waals surface area contributed by atoms with Crippen molar-refractivity contribution < 1.29 is 32.0 Å². The molecule has 266 valence electrons. The maximum absolute atomic E-state index is 13.8. The number of halogens is 2. The van der Waals surface area contributed by atoms with Crippen molar-refractivity contribution in [3.8, 4) is 23.0 Å². The maximum Gasteiger partial charge on any atom is 0.294 e. The zero-order chi connectivity index (χ0) is 36.8. The molecule has 0 saturated heterocycles. The molecule has 7 rings (SSSR count). The van der Waals surface area contributed by atoms with Crippen molar-refractivity contribution in [2.75, 3.05) is 12.4 Å². The van der Waals surface area contributed by atoms with Crippen LogP contribution in [0.25, 0.3) is 22.1 Å². The molecule has 0 atom stereocenters. The lowest BCUT2D eigenvalue weighted by Crippen LogP contribution is -2.20. The van der Waals surface area contributed by atoms with Crippen LogP contribution in [-0.2, 0) is 29.9 Å². The molecule has 2 aromatic carbocycles. The number of rotatable bonds is 10. The summed E-state index contributed by atoms with van der Waals surface area (Å²) in [6, 6.07) is 16.5. The van der Waals surface area contributed by atoms with E-state index in [-0.39, 0.29) is 28.2 Å². The smallest absolute Gasteiger partial charge is 0.294 e. The summed E-state index contributed by atoms with van der Waals surface area (Å²) >= 11 is 0.818. The summed E-state index contributed by atoms with van der Waals surface area (Å²) in [6.45, 7) is 2.19. The van der Waals surface area contributed by atoms with Gasteiger partial charge in [0.1, 0.15) is 23.3 Å².